The third kappa shape index (κ3) is 8.96. The SMILES string of the molecule is COc1ccc(OC)c(/C=C(/NC(=O)c2ccccc2)C(=O)Nc2cccc(SCC(=O)Nc3cc(Cl)c(OC)cc3OC)c2)c1. The number of carbonyl (C=O) groups excluding carboxylic acids is 3. The molecule has 0 aliphatic heterocycles. The second kappa shape index (κ2) is 16.3. The van der Waals surface area contributed by atoms with Crippen molar-refractivity contribution in [3.05, 3.63) is 107 Å². The third-order valence-corrected chi connectivity index (χ3v) is 7.76. The van der Waals surface area contributed by atoms with E-state index in [9.17, 15) is 14.4 Å². The fraction of sp³-hybridized carbons (Fsp3) is 0.147. The molecule has 0 atom stereocenters. The molecule has 238 valence electrons. The van der Waals surface area contributed by atoms with Crippen LogP contribution >= 0.6 is 23.4 Å². The summed E-state index contributed by atoms with van der Waals surface area (Å²) in [4.78, 5) is 40.1. The molecular formula is C34H32ClN3O7S. The number of rotatable bonds is 13. The number of thioether (sulfide) groups is 1. The largest absolute Gasteiger partial charge is 0.497 e. The van der Waals surface area contributed by atoms with Crippen LogP contribution in [-0.2, 0) is 9.59 Å². The molecule has 0 bridgehead atoms. The Bertz CT molecular complexity index is 1750. The smallest absolute Gasteiger partial charge is 0.272 e. The first-order chi connectivity index (χ1) is 22.2. The van der Waals surface area contributed by atoms with E-state index in [0.717, 1.165) is 4.90 Å². The predicted molar refractivity (Wildman–Crippen MR) is 180 cm³/mol. The van der Waals surface area contributed by atoms with Gasteiger partial charge in [-0.2, -0.15) is 0 Å². The Labute approximate surface area is 276 Å². The number of methoxy groups -OCH3 is 4. The molecule has 12 heteroatoms. The molecule has 46 heavy (non-hydrogen) atoms. The van der Waals surface area contributed by atoms with Gasteiger partial charge in [0.1, 0.15) is 28.7 Å². The quantitative estimate of drug-likeness (QED) is 0.109. The molecule has 0 aromatic heterocycles. The van der Waals surface area contributed by atoms with E-state index < -0.39 is 11.8 Å². The number of halogens is 1. The van der Waals surface area contributed by atoms with Crippen LogP contribution in [0.1, 0.15) is 15.9 Å². The highest BCUT2D eigenvalue weighted by Gasteiger charge is 2.17. The van der Waals surface area contributed by atoms with Crippen LogP contribution in [0.5, 0.6) is 23.0 Å². The Morgan fingerprint density at radius 1 is 0.761 bits per heavy atom. The number of carbonyl (C=O) groups is 3. The Hall–Kier alpha value is -5.13. The molecule has 4 aromatic carbocycles. The van der Waals surface area contributed by atoms with Crippen molar-refractivity contribution in [3.8, 4) is 23.0 Å². The molecule has 4 aromatic rings. The third-order valence-electron chi connectivity index (χ3n) is 6.48. The van der Waals surface area contributed by atoms with Gasteiger partial charge in [-0.3, -0.25) is 14.4 Å². The first kappa shape index (κ1) is 33.8. The first-order valence-corrected chi connectivity index (χ1v) is 15.2. The van der Waals surface area contributed by atoms with Crippen molar-refractivity contribution in [1.82, 2.24) is 5.32 Å². The summed E-state index contributed by atoms with van der Waals surface area (Å²) in [6.45, 7) is 0. The first-order valence-electron chi connectivity index (χ1n) is 13.8. The van der Waals surface area contributed by atoms with E-state index in [2.05, 4.69) is 16.0 Å². The van der Waals surface area contributed by atoms with Crippen LogP contribution in [0.2, 0.25) is 5.02 Å². The van der Waals surface area contributed by atoms with E-state index in [1.165, 1.54) is 46.3 Å². The fourth-order valence-electron chi connectivity index (χ4n) is 4.21. The minimum Gasteiger partial charge on any atom is -0.497 e. The molecule has 3 amide bonds. The van der Waals surface area contributed by atoms with Gasteiger partial charge in [0.15, 0.2) is 0 Å². The van der Waals surface area contributed by atoms with E-state index in [4.69, 9.17) is 30.5 Å². The minimum atomic E-state index is -0.572. The van der Waals surface area contributed by atoms with Gasteiger partial charge < -0.3 is 34.9 Å². The summed E-state index contributed by atoms with van der Waals surface area (Å²) in [5.74, 6) is 0.586. The lowest BCUT2D eigenvalue weighted by molar-refractivity contribution is -0.114. The lowest BCUT2D eigenvalue weighted by Crippen LogP contribution is -2.30. The molecule has 0 heterocycles. The average Bonchev–Trinajstić information content (AvgIpc) is 3.07. The molecule has 0 radical (unpaired) electrons. The molecule has 4 rings (SSSR count). The van der Waals surface area contributed by atoms with Crippen LogP contribution in [0.4, 0.5) is 11.4 Å². The van der Waals surface area contributed by atoms with Crippen molar-refractivity contribution in [1.29, 1.82) is 0 Å². The normalized spacial score (nSPS) is 10.8. The molecule has 0 aliphatic rings. The zero-order valence-corrected chi connectivity index (χ0v) is 27.1. The van der Waals surface area contributed by atoms with Crippen LogP contribution < -0.4 is 34.9 Å². The topological polar surface area (TPSA) is 124 Å². The van der Waals surface area contributed by atoms with Crippen molar-refractivity contribution < 1.29 is 33.3 Å². The minimum absolute atomic E-state index is 0.0232. The van der Waals surface area contributed by atoms with Crippen LogP contribution in [0.15, 0.2) is 95.5 Å². The van der Waals surface area contributed by atoms with Gasteiger partial charge >= 0.3 is 0 Å². The Balaban J connectivity index is 1.50. The molecule has 0 aliphatic carbocycles. The van der Waals surface area contributed by atoms with E-state index in [0.29, 0.717) is 50.5 Å². The zero-order chi connectivity index (χ0) is 33.1. The maximum atomic E-state index is 13.6. The Morgan fingerprint density at radius 2 is 1.50 bits per heavy atom. The highest BCUT2D eigenvalue weighted by molar-refractivity contribution is 8.00. The summed E-state index contributed by atoms with van der Waals surface area (Å²) < 4.78 is 21.3. The number of nitrogens with one attached hydrogen (secondary N) is 3. The standard InChI is InChI=1S/C34H32ClN3O7S/c1-42-24-13-14-29(43-2)22(15-24)16-28(38-33(40)21-9-6-5-7-10-21)34(41)36-23-11-8-12-25(17-23)46-20-32(39)37-27-18-26(35)30(44-3)19-31(27)45-4/h5-19H,20H2,1-4H3,(H,36,41)(H,37,39)(H,38,40)/b28-16+. The van der Waals surface area contributed by atoms with E-state index in [1.807, 2.05) is 6.07 Å². The molecule has 0 unspecified atom stereocenters. The fourth-order valence-corrected chi connectivity index (χ4v) is 5.20. The lowest BCUT2D eigenvalue weighted by atomic mass is 10.1. The van der Waals surface area contributed by atoms with Crippen LogP contribution in [-0.4, -0.2) is 51.9 Å². The highest BCUT2D eigenvalue weighted by atomic mass is 35.5. The number of benzene rings is 4. The van der Waals surface area contributed by atoms with Crippen molar-refractivity contribution in [2.75, 3.05) is 44.8 Å². The Morgan fingerprint density at radius 3 is 2.20 bits per heavy atom. The number of anilines is 2. The van der Waals surface area contributed by atoms with Gasteiger partial charge in [-0.15, -0.1) is 11.8 Å². The number of hydrogen-bond acceptors (Lipinski definition) is 8. The monoisotopic (exact) mass is 661 g/mol. The van der Waals surface area contributed by atoms with Gasteiger partial charge in [0.05, 0.1) is 44.9 Å². The van der Waals surface area contributed by atoms with Gasteiger partial charge in [0.25, 0.3) is 11.8 Å². The molecular weight excluding hydrogens is 630 g/mol. The van der Waals surface area contributed by atoms with E-state index in [1.54, 1.807) is 78.9 Å². The van der Waals surface area contributed by atoms with Crippen molar-refractivity contribution >= 4 is 58.5 Å². The number of ether oxygens (including phenoxy) is 4. The number of amides is 3. The van der Waals surface area contributed by atoms with Gasteiger partial charge in [0, 0.05) is 27.8 Å². The average molecular weight is 662 g/mol. The van der Waals surface area contributed by atoms with Gasteiger partial charge in [-0.25, -0.2) is 0 Å². The van der Waals surface area contributed by atoms with Gasteiger partial charge in [-0.05, 0) is 60.7 Å². The Kier molecular flexibility index (Phi) is 11.9. The summed E-state index contributed by atoms with van der Waals surface area (Å²) >= 11 is 7.48. The van der Waals surface area contributed by atoms with Crippen molar-refractivity contribution in [3.63, 3.8) is 0 Å². The maximum Gasteiger partial charge on any atom is 0.272 e. The molecule has 3 N–H and O–H groups in total. The van der Waals surface area contributed by atoms with E-state index >= 15 is 0 Å². The molecule has 0 fully saturated rings. The summed E-state index contributed by atoms with van der Waals surface area (Å²) in [7, 11) is 6.00. The maximum absolute atomic E-state index is 13.6. The van der Waals surface area contributed by atoms with Gasteiger partial charge in [0.2, 0.25) is 5.91 Å². The lowest BCUT2D eigenvalue weighted by Gasteiger charge is -2.14. The second-order valence-corrected chi connectivity index (χ2v) is 10.9. The van der Waals surface area contributed by atoms with Gasteiger partial charge in [-0.1, -0.05) is 35.9 Å². The summed E-state index contributed by atoms with van der Waals surface area (Å²) in [6.07, 6.45) is 1.51. The van der Waals surface area contributed by atoms with Crippen LogP contribution in [0.3, 0.4) is 0 Å². The van der Waals surface area contributed by atoms with Crippen molar-refractivity contribution in [2.24, 2.45) is 0 Å². The molecule has 10 nitrogen and oxygen atoms in total. The van der Waals surface area contributed by atoms with E-state index in [-0.39, 0.29) is 17.4 Å². The summed E-state index contributed by atoms with van der Waals surface area (Å²) in [6, 6.07) is 23.8. The van der Waals surface area contributed by atoms with Crippen LogP contribution in [0, 0.1) is 0 Å². The van der Waals surface area contributed by atoms with Crippen LogP contribution in [0.25, 0.3) is 6.08 Å². The summed E-state index contributed by atoms with van der Waals surface area (Å²) in [5.41, 5.74) is 1.74. The molecule has 0 saturated carbocycles. The zero-order valence-electron chi connectivity index (χ0n) is 25.5. The molecule has 0 spiro atoms. The predicted octanol–water partition coefficient (Wildman–Crippen LogP) is 6.51. The second-order valence-electron chi connectivity index (χ2n) is 9.49. The number of hydrogen-bond donors (Lipinski definition) is 3. The van der Waals surface area contributed by atoms with Crippen molar-refractivity contribution in [2.45, 2.75) is 4.90 Å². The molecule has 0 saturated heterocycles. The summed E-state index contributed by atoms with van der Waals surface area (Å²) in [5, 5.41) is 8.67. The highest BCUT2D eigenvalue weighted by Crippen LogP contribution is 2.36.